The normalized spacial score (nSPS) is 15.8. The molecule has 1 N–H and O–H groups in total. The number of carbonyl (C=O) groups excluding carboxylic acids is 1. The molecule has 140 valence electrons. The zero-order chi connectivity index (χ0) is 18.6. The van der Waals surface area contributed by atoms with E-state index in [-0.39, 0.29) is 16.7 Å². The van der Waals surface area contributed by atoms with Crippen LogP contribution in [0.2, 0.25) is 0 Å². The van der Waals surface area contributed by atoms with Gasteiger partial charge in [0, 0.05) is 19.6 Å². The molecule has 8 heteroatoms. The van der Waals surface area contributed by atoms with E-state index in [9.17, 15) is 13.2 Å². The van der Waals surface area contributed by atoms with Crippen molar-refractivity contribution >= 4 is 15.9 Å². The van der Waals surface area contributed by atoms with E-state index in [2.05, 4.69) is 4.72 Å². The fourth-order valence-electron chi connectivity index (χ4n) is 3.06. The number of likely N-dealkylation sites (tertiary alicyclic amines) is 1. The van der Waals surface area contributed by atoms with Gasteiger partial charge < -0.3 is 14.1 Å². The maximum Gasteiger partial charge on any atom is 0.257 e. The van der Waals surface area contributed by atoms with E-state index in [4.69, 9.17) is 9.15 Å². The van der Waals surface area contributed by atoms with Crippen LogP contribution in [0.25, 0.3) is 0 Å². The number of piperidine rings is 1. The second-order valence-electron chi connectivity index (χ2n) is 6.25. The predicted octanol–water partition coefficient (Wildman–Crippen LogP) is 2.12. The molecule has 2 heterocycles. The summed E-state index contributed by atoms with van der Waals surface area (Å²) in [5.74, 6) is 0.459. The van der Waals surface area contributed by atoms with Crippen LogP contribution in [0.4, 0.5) is 0 Å². The van der Waals surface area contributed by atoms with Crippen molar-refractivity contribution in [3.8, 4) is 5.75 Å². The summed E-state index contributed by atoms with van der Waals surface area (Å²) in [7, 11) is -2.19. The summed E-state index contributed by atoms with van der Waals surface area (Å²) in [4.78, 5) is 14.2. The summed E-state index contributed by atoms with van der Waals surface area (Å²) >= 11 is 0. The summed E-state index contributed by atoms with van der Waals surface area (Å²) in [6.07, 6.45) is 4.42. The average Bonchev–Trinajstić information content (AvgIpc) is 3.21. The number of furan rings is 1. The van der Waals surface area contributed by atoms with Crippen LogP contribution in [0.1, 0.15) is 23.2 Å². The van der Waals surface area contributed by atoms with E-state index in [1.807, 2.05) is 0 Å². The first-order valence-electron chi connectivity index (χ1n) is 8.45. The average molecular weight is 378 g/mol. The molecule has 3 rings (SSSR count). The highest BCUT2D eigenvalue weighted by Crippen LogP contribution is 2.24. The number of nitrogens with one attached hydrogen (secondary N) is 1. The first-order valence-corrected chi connectivity index (χ1v) is 9.94. The van der Waals surface area contributed by atoms with Gasteiger partial charge in [0.05, 0.1) is 18.9 Å². The van der Waals surface area contributed by atoms with Crippen LogP contribution >= 0.6 is 0 Å². The van der Waals surface area contributed by atoms with Crippen molar-refractivity contribution in [1.82, 2.24) is 9.62 Å². The number of hydrogen-bond donors (Lipinski definition) is 1. The van der Waals surface area contributed by atoms with Gasteiger partial charge in [0.15, 0.2) is 0 Å². The number of methoxy groups -OCH3 is 1. The SMILES string of the molecule is COc1ccccc1S(=O)(=O)NCC1CCN(C(=O)c2ccoc2)CC1. The van der Waals surface area contributed by atoms with Gasteiger partial charge in [-0.3, -0.25) is 4.79 Å². The summed E-state index contributed by atoms with van der Waals surface area (Å²) in [5, 5.41) is 0. The van der Waals surface area contributed by atoms with Gasteiger partial charge in [-0.15, -0.1) is 0 Å². The quantitative estimate of drug-likeness (QED) is 0.832. The van der Waals surface area contributed by atoms with Gasteiger partial charge in [-0.25, -0.2) is 13.1 Å². The Morgan fingerprint density at radius 2 is 2.00 bits per heavy atom. The monoisotopic (exact) mass is 378 g/mol. The first kappa shape index (κ1) is 18.5. The molecule has 0 radical (unpaired) electrons. The molecule has 2 aromatic rings. The Labute approximate surface area is 153 Å². The number of amides is 1. The lowest BCUT2D eigenvalue weighted by molar-refractivity contribution is 0.0691. The minimum atomic E-state index is -3.64. The number of hydrogen-bond acceptors (Lipinski definition) is 5. The van der Waals surface area contributed by atoms with Crippen LogP contribution in [0, 0.1) is 5.92 Å². The number of rotatable bonds is 6. The zero-order valence-corrected chi connectivity index (χ0v) is 15.4. The molecule has 1 aromatic heterocycles. The maximum absolute atomic E-state index is 12.5. The molecule has 0 spiro atoms. The molecular weight excluding hydrogens is 356 g/mol. The van der Waals surface area contributed by atoms with E-state index in [1.54, 1.807) is 29.2 Å². The number of ether oxygens (including phenoxy) is 1. The molecule has 1 aliphatic rings. The Bertz CT molecular complexity index is 840. The van der Waals surface area contributed by atoms with E-state index in [1.165, 1.54) is 25.7 Å². The van der Waals surface area contributed by atoms with E-state index < -0.39 is 10.0 Å². The van der Waals surface area contributed by atoms with Crippen LogP contribution in [0.5, 0.6) is 5.75 Å². The molecule has 0 atom stereocenters. The van der Waals surface area contributed by atoms with Gasteiger partial charge in [-0.1, -0.05) is 12.1 Å². The fraction of sp³-hybridized carbons (Fsp3) is 0.389. The lowest BCUT2D eigenvalue weighted by Gasteiger charge is -2.31. The molecule has 7 nitrogen and oxygen atoms in total. The van der Waals surface area contributed by atoms with Gasteiger partial charge in [0.2, 0.25) is 10.0 Å². The van der Waals surface area contributed by atoms with Crippen LogP contribution < -0.4 is 9.46 Å². The molecule has 1 fully saturated rings. The second-order valence-corrected chi connectivity index (χ2v) is 7.99. The third kappa shape index (κ3) is 4.08. The number of para-hydroxylation sites is 1. The molecule has 1 amide bonds. The third-order valence-corrected chi connectivity index (χ3v) is 6.05. The summed E-state index contributed by atoms with van der Waals surface area (Å²) in [5.41, 5.74) is 0.542. The standard InChI is InChI=1S/C18H22N2O5S/c1-24-16-4-2-3-5-17(16)26(22,23)19-12-14-6-9-20(10-7-14)18(21)15-8-11-25-13-15/h2-5,8,11,13-14,19H,6-7,9-10,12H2,1H3. The van der Waals surface area contributed by atoms with Gasteiger partial charge >= 0.3 is 0 Å². The molecule has 26 heavy (non-hydrogen) atoms. The number of sulfonamides is 1. The number of carbonyl (C=O) groups is 1. The lowest BCUT2D eigenvalue weighted by Crippen LogP contribution is -2.41. The molecule has 1 aliphatic heterocycles. The third-order valence-electron chi connectivity index (χ3n) is 4.59. The topological polar surface area (TPSA) is 88.9 Å². The molecule has 0 saturated carbocycles. The van der Waals surface area contributed by atoms with Crippen molar-refractivity contribution < 1.29 is 22.4 Å². The maximum atomic E-state index is 12.5. The van der Waals surface area contributed by atoms with Crippen molar-refractivity contribution in [3.05, 3.63) is 48.4 Å². The summed E-state index contributed by atoms with van der Waals surface area (Å²) in [6, 6.07) is 8.18. The highest BCUT2D eigenvalue weighted by atomic mass is 32.2. The molecule has 0 bridgehead atoms. The zero-order valence-electron chi connectivity index (χ0n) is 14.6. The van der Waals surface area contributed by atoms with Crippen molar-refractivity contribution in [2.75, 3.05) is 26.7 Å². The first-order chi connectivity index (χ1) is 12.5. The second kappa shape index (κ2) is 7.92. The number of benzene rings is 1. The lowest BCUT2D eigenvalue weighted by atomic mass is 9.97. The minimum Gasteiger partial charge on any atom is -0.495 e. The Hall–Kier alpha value is -2.32. The van der Waals surface area contributed by atoms with Crippen molar-refractivity contribution in [2.45, 2.75) is 17.7 Å². The van der Waals surface area contributed by atoms with Gasteiger partial charge in [0.25, 0.3) is 5.91 Å². The van der Waals surface area contributed by atoms with Crippen LogP contribution in [0.3, 0.4) is 0 Å². The molecular formula is C18H22N2O5S. The van der Waals surface area contributed by atoms with E-state index in [0.29, 0.717) is 30.9 Å². The van der Waals surface area contributed by atoms with E-state index >= 15 is 0 Å². The highest BCUT2D eigenvalue weighted by molar-refractivity contribution is 7.89. The van der Waals surface area contributed by atoms with Gasteiger partial charge in [-0.2, -0.15) is 0 Å². The summed E-state index contributed by atoms with van der Waals surface area (Å²) < 4.78 is 37.8. The Morgan fingerprint density at radius 1 is 1.27 bits per heavy atom. The number of nitrogens with zero attached hydrogens (tertiary/aromatic N) is 1. The van der Waals surface area contributed by atoms with Crippen LogP contribution in [0.15, 0.2) is 52.2 Å². The van der Waals surface area contributed by atoms with Crippen molar-refractivity contribution in [3.63, 3.8) is 0 Å². The predicted molar refractivity (Wildman–Crippen MR) is 95.5 cm³/mol. The Kier molecular flexibility index (Phi) is 5.63. The smallest absolute Gasteiger partial charge is 0.257 e. The molecule has 0 aliphatic carbocycles. The summed E-state index contributed by atoms with van der Waals surface area (Å²) in [6.45, 7) is 1.55. The Balaban J connectivity index is 1.54. The van der Waals surface area contributed by atoms with Crippen LogP contribution in [-0.4, -0.2) is 46.0 Å². The Morgan fingerprint density at radius 3 is 2.65 bits per heavy atom. The minimum absolute atomic E-state index is 0.0493. The largest absolute Gasteiger partial charge is 0.495 e. The molecule has 1 aromatic carbocycles. The van der Waals surface area contributed by atoms with E-state index in [0.717, 1.165) is 12.8 Å². The molecule has 1 saturated heterocycles. The fourth-order valence-corrected chi connectivity index (χ4v) is 4.34. The van der Waals surface area contributed by atoms with Gasteiger partial charge in [0.1, 0.15) is 16.9 Å². The molecule has 0 unspecified atom stereocenters. The van der Waals surface area contributed by atoms with Crippen molar-refractivity contribution in [2.24, 2.45) is 5.92 Å². The van der Waals surface area contributed by atoms with Crippen molar-refractivity contribution in [1.29, 1.82) is 0 Å². The van der Waals surface area contributed by atoms with Gasteiger partial charge in [-0.05, 0) is 37.0 Å². The van der Waals surface area contributed by atoms with Crippen LogP contribution in [-0.2, 0) is 10.0 Å². The highest BCUT2D eigenvalue weighted by Gasteiger charge is 2.26.